The zero-order valence-corrected chi connectivity index (χ0v) is 16.3. The van der Waals surface area contributed by atoms with Crippen LogP contribution in [-0.2, 0) is 11.2 Å². The third kappa shape index (κ3) is 3.87. The summed E-state index contributed by atoms with van der Waals surface area (Å²) < 4.78 is 5.33. The van der Waals surface area contributed by atoms with Crippen molar-refractivity contribution in [2.75, 3.05) is 17.7 Å². The van der Waals surface area contributed by atoms with Crippen LogP contribution in [0.2, 0.25) is 0 Å². The summed E-state index contributed by atoms with van der Waals surface area (Å²) in [5, 5.41) is 3.93. The monoisotopic (exact) mass is 392 g/mol. The first kappa shape index (κ1) is 18.5. The summed E-state index contributed by atoms with van der Waals surface area (Å²) in [6.07, 6.45) is 0.707. The summed E-state index contributed by atoms with van der Waals surface area (Å²) in [4.78, 5) is 28.3. The van der Waals surface area contributed by atoms with Gasteiger partial charge in [-0.25, -0.2) is 0 Å². The molecule has 28 heavy (non-hydrogen) atoms. The standard InChI is InChI=1S/C22H20N2O3S/c1-24-19-9-5-6-10-21(19)28-14-16(22(24)26)12-20(25)18-13-17(27-23-18)11-15-7-3-2-4-8-15/h2-10,13,16H,11-12,14H2,1H3/t16-/m0/s1. The van der Waals surface area contributed by atoms with Crippen molar-refractivity contribution in [2.45, 2.75) is 17.7 Å². The fourth-order valence-corrected chi connectivity index (χ4v) is 4.48. The Bertz CT molecular complexity index is 1000. The van der Waals surface area contributed by atoms with Crippen molar-refractivity contribution in [1.82, 2.24) is 5.16 Å². The summed E-state index contributed by atoms with van der Waals surface area (Å²) in [6, 6.07) is 19.4. The molecule has 0 bridgehead atoms. The van der Waals surface area contributed by atoms with Gasteiger partial charge >= 0.3 is 0 Å². The van der Waals surface area contributed by atoms with Gasteiger partial charge in [0.25, 0.3) is 0 Å². The Kier molecular flexibility index (Phi) is 5.30. The Morgan fingerprint density at radius 1 is 1.18 bits per heavy atom. The van der Waals surface area contributed by atoms with Crippen LogP contribution in [0.5, 0.6) is 0 Å². The van der Waals surface area contributed by atoms with E-state index >= 15 is 0 Å². The van der Waals surface area contributed by atoms with Crippen molar-refractivity contribution in [3.05, 3.63) is 77.7 Å². The molecule has 3 aromatic rings. The number of para-hydroxylation sites is 1. The van der Waals surface area contributed by atoms with E-state index in [1.165, 1.54) is 0 Å². The van der Waals surface area contributed by atoms with Gasteiger partial charge in [0.2, 0.25) is 5.91 Å². The van der Waals surface area contributed by atoms with Gasteiger partial charge in [0.15, 0.2) is 5.78 Å². The molecule has 5 nitrogen and oxygen atoms in total. The molecule has 142 valence electrons. The fourth-order valence-electron chi connectivity index (χ4n) is 3.31. The number of nitrogens with zero attached hydrogens (tertiary/aromatic N) is 2. The second-order valence-corrected chi connectivity index (χ2v) is 7.90. The second kappa shape index (κ2) is 8.02. The average Bonchev–Trinajstić information content (AvgIpc) is 3.15. The summed E-state index contributed by atoms with van der Waals surface area (Å²) in [7, 11) is 1.76. The Balaban J connectivity index is 1.45. The highest BCUT2D eigenvalue weighted by atomic mass is 32.2. The molecule has 0 radical (unpaired) electrons. The molecular weight excluding hydrogens is 372 g/mol. The second-order valence-electron chi connectivity index (χ2n) is 6.84. The minimum Gasteiger partial charge on any atom is -0.360 e. The maximum absolute atomic E-state index is 12.8. The highest BCUT2D eigenvalue weighted by molar-refractivity contribution is 7.99. The van der Waals surface area contributed by atoms with E-state index < -0.39 is 0 Å². The van der Waals surface area contributed by atoms with Gasteiger partial charge in [0, 0.05) is 36.6 Å². The summed E-state index contributed by atoms with van der Waals surface area (Å²) in [5.41, 5.74) is 2.26. The molecule has 1 aliphatic rings. The molecule has 6 heteroatoms. The van der Waals surface area contributed by atoms with Crippen LogP contribution in [0.25, 0.3) is 0 Å². The topological polar surface area (TPSA) is 63.4 Å². The number of amides is 1. The van der Waals surface area contributed by atoms with Gasteiger partial charge in [0.1, 0.15) is 11.5 Å². The Hall–Kier alpha value is -2.86. The third-order valence-corrected chi connectivity index (χ3v) is 6.07. The van der Waals surface area contributed by atoms with Gasteiger partial charge in [-0.1, -0.05) is 47.6 Å². The van der Waals surface area contributed by atoms with E-state index in [0.717, 1.165) is 16.1 Å². The number of hydrogen-bond acceptors (Lipinski definition) is 5. The highest BCUT2D eigenvalue weighted by Crippen LogP contribution is 2.36. The molecule has 1 amide bonds. The number of anilines is 1. The number of thioether (sulfide) groups is 1. The van der Waals surface area contributed by atoms with Crippen LogP contribution in [-0.4, -0.2) is 29.6 Å². The molecule has 2 heterocycles. The quantitative estimate of drug-likeness (QED) is 0.608. The van der Waals surface area contributed by atoms with Crippen molar-refractivity contribution < 1.29 is 14.1 Å². The predicted octanol–water partition coefficient (Wildman–Crippen LogP) is 4.22. The van der Waals surface area contributed by atoms with Crippen LogP contribution in [0, 0.1) is 5.92 Å². The smallest absolute Gasteiger partial charge is 0.231 e. The molecule has 1 atom stereocenters. The SMILES string of the molecule is CN1C(=O)[C@@H](CC(=O)c2cc(Cc3ccccc3)on2)CSc2ccccc21. The minimum absolute atomic E-state index is 0.0428. The number of Topliss-reactive ketones (excluding diaryl/α,β-unsaturated/α-hetero) is 1. The molecule has 1 aromatic heterocycles. The first-order chi connectivity index (χ1) is 13.6. The fraction of sp³-hybridized carbons (Fsp3) is 0.227. The number of carbonyl (C=O) groups excluding carboxylic acids is 2. The third-order valence-electron chi connectivity index (χ3n) is 4.84. The number of rotatable bonds is 5. The summed E-state index contributed by atoms with van der Waals surface area (Å²) >= 11 is 1.61. The minimum atomic E-state index is -0.385. The van der Waals surface area contributed by atoms with Gasteiger partial charge in [0.05, 0.1) is 11.6 Å². The van der Waals surface area contributed by atoms with Crippen LogP contribution in [0.4, 0.5) is 5.69 Å². The predicted molar refractivity (Wildman–Crippen MR) is 109 cm³/mol. The first-order valence-corrected chi connectivity index (χ1v) is 10.1. The van der Waals surface area contributed by atoms with Crippen LogP contribution < -0.4 is 4.90 Å². The van der Waals surface area contributed by atoms with Crippen LogP contribution in [0.15, 0.2) is 70.1 Å². The molecule has 2 aromatic carbocycles. The van der Waals surface area contributed by atoms with Gasteiger partial charge in [-0.2, -0.15) is 0 Å². The van der Waals surface area contributed by atoms with Crippen molar-refractivity contribution in [3.8, 4) is 0 Å². The number of carbonyl (C=O) groups is 2. The molecule has 1 aliphatic heterocycles. The van der Waals surface area contributed by atoms with Crippen molar-refractivity contribution in [2.24, 2.45) is 5.92 Å². The highest BCUT2D eigenvalue weighted by Gasteiger charge is 2.31. The Morgan fingerprint density at radius 3 is 2.75 bits per heavy atom. The summed E-state index contributed by atoms with van der Waals surface area (Å²) in [6.45, 7) is 0. The van der Waals surface area contributed by atoms with Crippen LogP contribution in [0.3, 0.4) is 0 Å². The normalized spacial score (nSPS) is 16.5. The Labute approximate surface area is 167 Å². The van der Waals surface area contributed by atoms with E-state index in [2.05, 4.69) is 5.16 Å². The Morgan fingerprint density at radius 2 is 1.93 bits per heavy atom. The zero-order chi connectivity index (χ0) is 19.5. The van der Waals surface area contributed by atoms with Gasteiger partial charge in [-0.15, -0.1) is 11.8 Å². The number of ketones is 1. The lowest BCUT2D eigenvalue weighted by atomic mass is 10.0. The van der Waals surface area contributed by atoms with E-state index in [0.29, 0.717) is 17.9 Å². The van der Waals surface area contributed by atoms with Gasteiger partial charge in [-0.05, 0) is 17.7 Å². The van der Waals surface area contributed by atoms with E-state index in [-0.39, 0.29) is 29.7 Å². The lowest BCUT2D eigenvalue weighted by molar-refractivity contribution is -0.121. The largest absolute Gasteiger partial charge is 0.360 e. The zero-order valence-electron chi connectivity index (χ0n) is 15.5. The van der Waals surface area contributed by atoms with Crippen LogP contribution >= 0.6 is 11.8 Å². The van der Waals surface area contributed by atoms with Crippen molar-refractivity contribution in [3.63, 3.8) is 0 Å². The first-order valence-electron chi connectivity index (χ1n) is 9.14. The van der Waals surface area contributed by atoms with E-state index in [4.69, 9.17) is 4.52 Å². The van der Waals surface area contributed by atoms with Crippen molar-refractivity contribution in [1.29, 1.82) is 0 Å². The molecule has 0 spiro atoms. The number of aromatic nitrogens is 1. The lowest BCUT2D eigenvalue weighted by Gasteiger charge is -2.20. The maximum atomic E-state index is 12.8. The van der Waals surface area contributed by atoms with Crippen molar-refractivity contribution >= 4 is 29.1 Å². The molecule has 0 saturated carbocycles. The molecule has 4 rings (SSSR count). The average molecular weight is 392 g/mol. The number of fused-ring (bicyclic) bond motifs is 1. The van der Waals surface area contributed by atoms with Gasteiger partial charge < -0.3 is 9.42 Å². The summed E-state index contributed by atoms with van der Waals surface area (Å²) in [5.74, 6) is 0.616. The molecule has 0 aliphatic carbocycles. The van der Waals surface area contributed by atoms with E-state index in [1.54, 1.807) is 29.8 Å². The molecule has 0 N–H and O–H groups in total. The number of hydrogen-bond donors (Lipinski definition) is 0. The van der Waals surface area contributed by atoms with Crippen LogP contribution in [0.1, 0.15) is 28.2 Å². The number of benzene rings is 2. The molecular formula is C22H20N2O3S. The maximum Gasteiger partial charge on any atom is 0.231 e. The molecule has 0 fully saturated rings. The molecule has 0 saturated heterocycles. The van der Waals surface area contributed by atoms with E-state index in [1.807, 2.05) is 54.6 Å². The molecule has 0 unspecified atom stereocenters. The van der Waals surface area contributed by atoms with Gasteiger partial charge in [-0.3, -0.25) is 9.59 Å². The van der Waals surface area contributed by atoms with E-state index in [9.17, 15) is 9.59 Å². The lowest BCUT2D eigenvalue weighted by Crippen LogP contribution is -2.34.